The topological polar surface area (TPSA) is 18.5 Å². The minimum Gasteiger partial charge on any atom is -0.345 e. The summed E-state index contributed by atoms with van der Waals surface area (Å²) in [6.07, 6.45) is 2.33. The average Bonchev–Trinajstić information content (AvgIpc) is 2.88. The van der Waals surface area contributed by atoms with Crippen LogP contribution in [-0.4, -0.2) is 24.2 Å². The molecule has 1 aliphatic heterocycles. The van der Waals surface area contributed by atoms with Crippen LogP contribution in [0.3, 0.4) is 0 Å². The van der Waals surface area contributed by atoms with Crippen molar-refractivity contribution in [2.24, 2.45) is 0 Å². The van der Waals surface area contributed by atoms with Gasteiger partial charge in [0, 0.05) is 6.16 Å². The number of hydrogen-bond acceptors (Lipinski definition) is 2. The van der Waals surface area contributed by atoms with Crippen molar-refractivity contribution in [3.05, 3.63) is 60.7 Å². The molecule has 0 spiro atoms. The molecule has 0 bridgehead atoms. The van der Waals surface area contributed by atoms with Gasteiger partial charge in [0.1, 0.15) is 0 Å². The summed E-state index contributed by atoms with van der Waals surface area (Å²) in [5.74, 6) is -0.472. The van der Waals surface area contributed by atoms with Gasteiger partial charge < -0.3 is 9.47 Å². The Kier molecular flexibility index (Phi) is 5.16. The van der Waals surface area contributed by atoms with E-state index in [2.05, 4.69) is 67.6 Å². The molecule has 0 amide bonds. The Bertz CT molecular complexity index is 573. The van der Waals surface area contributed by atoms with Gasteiger partial charge in [-0.3, -0.25) is 0 Å². The second kappa shape index (κ2) is 7.13. The van der Waals surface area contributed by atoms with Gasteiger partial charge >= 0.3 is 0 Å². The molecule has 23 heavy (non-hydrogen) atoms. The van der Waals surface area contributed by atoms with Crippen molar-refractivity contribution in [3.63, 3.8) is 0 Å². The molecule has 2 unspecified atom stereocenters. The van der Waals surface area contributed by atoms with E-state index in [0.29, 0.717) is 0 Å². The molecule has 0 saturated carbocycles. The fourth-order valence-electron chi connectivity index (χ4n) is 3.17. The predicted molar refractivity (Wildman–Crippen MR) is 98.1 cm³/mol. The molecule has 2 aromatic rings. The Hall–Kier alpha value is -1.21. The van der Waals surface area contributed by atoms with Crippen molar-refractivity contribution in [2.75, 3.05) is 6.16 Å². The lowest BCUT2D eigenvalue weighted by Gasteiger charge is -2.24. The maximum absolute atomic E-state index is 6.22. The molecule has 2 atom stereocenters. The van der Waals surface area contributed by atoms with Gasteiger partial charge in [-0.2, -0.15) is 0 Å². The van der Waals surface area contributed by atoms with Crippen LogP contribution in [0.1, 0.15) is 27.2 Å². The zero-order chi connectivity index (χ0) is 16.3. The summed E-state index contributed by atoms with van der Waals surface area (Å²) in [5, 5.41) is 2.80. The third-order valence-electron chi connectivity index (χ3n) is 4.19. The molecule has 1 heterocycles. The average molecular weight is 328 g/mol. The minimum absolute atomic E-state index is 0.154. The molecule has 3 rings (SSSR count). The van der Waals surface area contributed by atoms with E-state index < -0.39 is 13.7 Å². The lowest BCUT2D eigenvalue weighted by atomic mass is 10.2. The molecule has 1 aliphatic rings. The van der Waals surface area contributed by atoms with Crippen LogP contribution in [-0.2, 0) is 9.47 Å². The van der Waals surface area contributed by atoms with Crippen molar-refractivity contribution in [2.45, 2.75) is 45.2 Å². The Labute approximate surface area is 140 Å². The van der Waals surface area contributed by atoms with Gasteiger partial charge in [-0.25, -0.2) is 0 Å². The Balaban J connectivity index is 1.88. The zero-order valence-corrected chi connectivity index (χ0v) is 15.0. The van der Waals surface area contributed by atoms with Gasteiger partial charge in [0.2, 0.25) is 0 Å². The highest BCUT2D eigenvalue weighted by Crippen LogP contribution is 2.40. The molecule has 3 heteroatoms. The second-order valence-corrected chi connectivity index (χ2v) is 8.66. The first-order valence-electron chi connectivity index (χ1n) is 8.32. The Morgan fingerprint density at radius 1 is 0.826 bits per heavy atom. The van der Waals surface area contributed by atoms with Gasteiger partial charge in [-0.05, 0) is 38.8 Å². The predicted octanol–water partition coefficient (Wildman–Crippen LogP) is 4.05. The minimum atomic E-state index is -0.472. The molecule has 1 fully saturated rings. The monoisotopic (exact) mass is 328 g/mol. The first-order valence-corrected chi connectivity index (χ1v) is 9.85. The molecule has 122 valence electrons. The third-order valence-corrected chi connectivity index (χ3v) is 6.75. The molecule has 0 radical (unpaired) electrons. The van der Waals surface area contributed by atoms with Crippen molar-refractivity contribution in [3.8, 4) is 0 Å². The van der Waals surface area contributed by atoms with E-state index >= 15 is 0 Å². The van der Waals surface area contributed by atoms with Crippen LogP contribution in [0.5, 0.6) is 0 Å². The van der Waals surface area contributed by atoms with Crippen LogP contribution in [0.2, 0.25) is 0 Å². The van der Waals surface area contributed by atoms with Crippen LogP contribution >= 0.6 is 7.92 Å². The smallest absolute Gasteiger partial charge is 0.163 e. The molecule has 0 aromatic heterocycles. The Morgan fingerprint density at radius 2 is 1.30 bits per heavy atom. The number of rotatable bonds is 5. The molecule has 1 saturated heterocycles. The quantitative estimate of drug-likeness (QED) is 0.771. The molecule has 0 N–H and O–H groups in total. The van der Waals surface area contributed by atoms with Gasteiger partial charge in [-0.1, -0.05) is 67.6 Å². The number of ether oxygens (including phenoxy) is 2. The molecule has 2 nitrogen and oxygen atoms in total. The van der Waals surface area contributed by atoms with E-state index in [1.165, 1.54) is 10.6 Å². The SMILES string of the molecule is CCC1OC(C)(C)OC1CP(c1ccccc1)c1ccccc1. The van der Waals surface area contributed by atoms with Gasteiger partial charge in [0.15, 0.2) is 5.79 Å². The molecule has 0 aliphatic carbocycles. The molecular weight excluding hydrogens is 303 g/mol. The highest BCUT2D eigenvalue weighted by atomic mass is 31.1. The summed E-state index contributed by atoms with van der Waals surface area (Å²) in [7, 11) is -0.441. The molecule has 2 aromatic carbocycles. The summed E-state index contributed by atoms with van der Waals surface area (Å²) in [6, 6.07) is 21.6. The zero-order valence-electron chi connectivity index (χ0n) is 14.1. The normalized spacial score (nSPS) is 23.3. The van der Waals surface area contributed by atoms with Gasteiger partial charge in [-0.15, -0.1) is 0 Å². The van der Waals surface area contributed by atoms with Crippen molar-refractivity contribution < 1.29 is 9.47 Å². The summed E-state index contributed by atoms with van der Waals surface area (Å²) >= 11 is 0. The number of benzene rings is 2. The summed E-state index contributed by atoms with van der Waals surface area (Å²) in [6.45, 7) is 6.21. The summed E-state index contributed by atoms with van der Waals surface area (Å²) < 4.78 is 12.3. The fourth-order valence-corrected chi connectivity index (χ4v) is 5.62. The van der Waals surface area contributed by atoms with Crippen LogP contribution < -0.4 is 10.6 Å². The van der Waals surface area contributed by atoms with Crippen molar-refractivity contribution in [1.29, 1.82) is 0 Å². The van der Waals surface area contributed by atoms with Crippen molar-refractivity contribution >= 4 is 18.5 Å². The first kappa shape index (κ1) is 16.6. The van der Waals surface area contributed by atoms with E-state index in [-0.39, 0.29) is 12.2 Å². The van der Waals surface area contributed by atoms with E-state index in [0.717, 1.165) is 12.6 Å². The van der Waals surface area contributed by atoms with Crippen molar-refractivity contribution in [1.82, 2.24) is 0 Å². The maximum atomic E-state index is 6.22. The highest BCUT2D eigenvalue weighted by Gasteiger charge is 2.41. The summed E-state index contributed by atoms with van der Waals surface area (Å²) in [4.78, 5) is 0. The lowest BCUT2D eigenvalue weighted by Crippen LogP contribution is -2.29. The van der Waals surface area contributed by atoms with E-state index in [4.69, 9.17) is 9.47 Å². The van der Waals surface area contributed by atoms with Crippen LogP contribution in [0.25, 0.3) is 0 Å². The fraction of sp³-hybridized carbons (Fsp3) is 0.400. The van der Waals surface area contributed by atoms with Crippen LogP contribution in [0.15, 0.2) is 60.7 Å². The van der Waals surface area contributed by atoms with Gasteiger partial charge in [0.05, 0.1) is 12.2 Å². The second-order valence-electron chi connectivity index (χ2n) is 6.40. The standard InChI is InChI=1S/C20H25O2P/c1-4-18-19(22-20(2,3)21-18)15-23(16-11-7-5-8-12-16)17-13-9-6-10-14-17/h5-14,18-19H,4,15H2,1-3H3. The van der Waals surface area contributed by atoms with E-state index in [1.54, 1.807) is 0 Å². The van der Waals surface area contributed by atoms with Gasteiger partial charge in [0.25, 0.3) is 0 Å². The van der Waals surface area contributed by atoms with Crippen LogP contribution in [0.4, 0.5) is 0 Å². The van der Waals surface area contributed by atoms with E-state index in [9.17, 15) is 0 Å². The summed E-state index contributed by atoms with van der Waals surface area (Å²) in [5.41, 5.74) is 0. The lowest BCUT2D eigenvalue weighted by molar-refractivity contribution is -0.144. The maximum Gasteiger partial charge on any atom is 0.163 e. The highest BCUT2D eigenvalue weighted by molar-refractivity contribution is 7.73. The number of hydrogen-bond donors (Lipinski definition) is 0. The molecular formula is C20H25O2P. The van der Waals surface area contributed by atoms with E-state index in [1.807, 2.05) is 13.8 Å². The first-order chi connectivity index (χ1) is 11.1. The largest absolute Gasteiger partial charge is 0.345 e. The Morgan fingerprint density at radius 3 is 1.78 bits per heavy atom. The third kappa shape index (κ3) is 4.01. The van der Waals surface area contributed by atoms with Crippen LogP contribution in [0, 0.1) is 0 Å².